The SMILES string of the molecule is COc1ccc(-n2c(-c3ccccc3)cc3oc(=O)c(S)c(O)c3c2=O)cc1. The van der Waals surface area contributed by atoms with Gasteiger partial charge in [-0.3, -0.25) is 9.36 Å². The van der Waals surface area contributed by atoms with Gasteiger partial charge in [-0.15, -0.1) is 12.6 Å². The van der Waals surface area contributed by atoms with Crippen LogP contribution in [0.25, 0.3) is 27.9 Å². The summed E-state index contributed by atoms with van der Waals surface area (Å²) in [5.41, 5.74) is 0.478. The Bertz CT molecular complexity index is 1290. The number of hydrogen-bond acceptors (Lipinski definition) is 6. The number of methoxy groups -OCH3 is 1. The minimum atomic E-state index is -0.811. The van der Waals surface area contributed by atoms with Crippen molar-refractivity contribution in [3.63, 3.8) is 0 Å². The van der Waals surface area contributed by atoms with Crippen LogP contribution in [-0.2, 0) is 0 Å². The summed E-state index contributed by atoms with van der Waals surface area (Å²) in [5.74, 6) is 0.145. The van der Waals surface area contributed by atoms with Gasteiger partial charge >= 0.3 is 5.63 Å². The molecule has 140 valence electrons. The van der Waals surface area contributed by atoms with Crippen LogP contribution in [0.2, 0.25) is 0 Å². The van der Waals surface area contributed by atoms with E-state index in [4.69, 9.17) is 9.15 Å². The molecule has 0 atom stereocenters. The summed E-state index contributed by atoms with van der Waals surface area (Å²) in [5, 5.41) is 10.3. The highest BCUT2D eigenvalue weighted by Gasteiger charge is 2.20. The topological polar surface area (TPSA) is 81.7 Å². The van der Waals surface area contributed by atoms with Crippen molar-refractivity contribution >= 4 is 23.6 Å². The molecule has 0 aliphatic rings. The molecule has 7 heteroatoms. The third kappa shape index (κ3) is 2.86. The van der Waals surface area contributed by atoms with Crippen molar-refractivity contribution in [2.45, 2.75) is 4.90 Å². The van der Waals surface area contributed by atoms with E-state index in [0.29, 0.717) is 17.1 Å². The lowest BCUT2D eigenvalue weighted by atomic mass is 10.1. The van der Waals surface area contributed by atoms with Crippen LogP contribution < -0.4 is 15.9 Å². The second-order valence-corrected chi connectivity index (χ2v) is 6.51. The summed E-state index contributed by atoms with van der Waals surface area (Å²) in [6.45, 7) is 0. The van der Waals surface area contributed by atoms with Crippen molar-refractivity contribution in [3.05, 3.63) is 81.4 Å². The first-order chi connectivity index (χ1) is 13.5. The van der Waals surface area contributed by atoms with Gasteiger partial charge in [0.2, 0.25) is 0 Å². The Kier molecular flexibility index (Phi) is 4.44. The number of benzene rings is 2. The quantitative estimate of drug-likeness (QED) is 0.520. The van der Waals surface area contributed by atoms with Gasteiger partial charge in [-0.1, -0.05) is 30.3 Å². The van der Waals surface area contributed by atoms with E-state index in [-0.39, 0.29) is 15.9 Å². The fourth-order valence-electron chi connectivity index (χ4n) is 3.06. The van der Waals surface area contributed by atoms with E-state index in [9.17, 15) is 14.7 Å². The maximum atomic E-state index is 13.3. The number of pyridine rings is 1. The summed E-state index contributed by atoms with van der Waals surface area (Å²) in [7, 11) is 1.56. The molecule has 2 heterocycles. The van der Waals surface area contributed by atoms with E-state index < -0.39 is 16.9 Å². The second-order valence-electron chi connectivity index (χ2n) is 6.06. The van der Waals surface area contributed by atoms with Gasteiger partial charge in [0.25, 0.3) is 5.56 Å². The number of rotatable bonds is 3. The Balaban J connectivity index is 2.14. The van der Waals surface area contributed by atoms with Crippen LogP contribution in [0.1, 0.15) is 0 Å². The molecule has 4 aromatic rings. The van der Waals surface area contributed by atoms with Crippen molar-refractivity contribution in [1.82, 2.24) is 4.57 Å². The smallest absolute Gasteiger partial charge is 0.353 e. The molecule has 0 aliphatic heterocycles. The first-order valence-electron chi connectivity index (χ1n) is 8.36. The van der Waals surface area contributed by atoms with Gasteiger partial charge in [-0.05, 0) is 29.8 Å². The number of ether oxygens (including phenoxy) is 1. The van der Waals surface area contributed by atoms with Gasteiger partial charge in [-0.2, -0.15) is 0 Å². The number of thiol groups is 1. The standard InChI is InChI=1S/C21H15NO5S/c1-26-14-9-7-13(8-10-14)22-15(12-5-3-2-4-6-12)11-16-17(20(22)24)18(23)19(28)21(25)27-16/h2-11,23,28H,1H3. The summed E-state index contributed by atoms with van der Waals surface area (Å²) >= 11 is 3.96. The van der Waals surface area contributed by atoms with E-state index in [0.717, 1.165) is 5.56 Å². The highest BCUT2D eigenvalue weighted by molar-refractivity contribution is 7.80. The Hall–Kier alpha value is -3.45. The van der Waals surface area contributed by atoms with Crippen molar-refractivity contribution in [2.75, 3.05) is 7.11 Å². The molecule has 0 aliphatic carbocycles. The minimum Gasteiger partial charge on any atom is -0.506 e. The predicted molar refractivity (Wildman–Crippen MR) is 109 cm³/mol. The van der Waals surface area contributed by atoms with E-state index in [1.165, 1.54) is 4.57 Å². The molecule has 0 fully saturated rings. The summed E-state index contributed by atoms with van der Waals surface area (Å²) in [6.07, 6.45) is 0. The summed E-state index contributed by atoms with van der Waals surface area (Å²) < 4.78 is 11.8. The second kappa shape index (κ2) is 6.94. The molecule has 0 unspecified atom stereocenters. The van der Waals surface area contributed by atoms with Gasteiger partial charge in [0.1, 0.15) is 21.6 Å². The first kappa shape index (κ1) is 17.9. The minimum absolute atomic E-state index is 0.00563. The third-order valence-electron chi connectivity index (χ3n) is 4.43. The van der Waals surface area contributed by atoms with Crippen LogP contribution >= 0.6 is 12.6 Å². The number of hydrogen-bond donors (Lipinski definition) is 2. The Morgan fingerprint density at radius 2 is 1.71 bits per heavy atom. The maximum Gasteiger partial charge on any atom is 0.353 e. The van der Waals surface area contributed by atoms with Crippen LogP contribution in [0.4, 0.5) is 0 Å². The fourth-order valence-corrected chi connectivity index (χ4v) is 3.22. The molecule has 1 N–H and O–H groups in total. The number of fused-ring (bicyclic) bond motifs is 1. The van der Waals surface area contributed by atoms with Crippen LogP contribution in [0.3, 0.4) is 0 Å². The molecule has 0 amide bonds. The van der Waals surface area contributed by atoms with Crippen molar-refractivity contribution in [2.24, 2.45) is 0 Å². The molecule has 6 nitrogen and oxygen atoms in total. The predicted octanol–water partition coefficient (Wildman–Crippen LogP) is 3.61. The number of nitrogens with zero attached hydrogens (tertiary/aromatic N) is 1. The monoisotopic (exact) mass is 393 g/mol. The summed E-state index contributed by atoms with van der Waals surface area (Å²) in [4.78, 5) is 24.9. The average Bonchev–Trinajstić information content (AvgIpc) is 2.72. The lowest BCUT2D eigenvalue weighted by molar-refractivity contribution is 0.414. The van der Waals surface area contributed by atoms with Crippen molar-refractivity contribution < 1.29 is 14.3 Å². The third-order valence-corrected chi connectivity index (χ3v) is 4.82. The van der Waals surface area contributed by atoms with Crippen LogP contribution in [0.15, 0.2) is 79.6 Å². The normalized spacial score (nSPS) is 10.9. The highest BCUT2D eigenvalue weighted by atomic mass is 32.1. The zero-order chi connectivity index (χ0) is 19.8. The average molecular weight is 393 g/mol. The molecule has 4 rings (SSSR count). The zero-order valence-electron chi connectivity index (χ0n) is 14.7. The van der Waals surface area contributed by atoms with Gasteiger partial charge < -0.3 is 14.3 Å². The maximum absolute atomic E-state index is 13.3. The van der Waals surface area contributed by atoms with Crippen molar-refractivity contribution in [1.29, 1.82) is 0 Å². The number of aromatic hydroxyl groups is 1. The van der Waals surface area contributed by atoms with Gasteiger partial charge in [0.15, 0.2) is 5.75 Å². The summed E-state index contributed by atoms with van der Waals surface area (Å²) in [6, 6.07) is 17.7. The Morgan fingerprint density at radius 3 is 2.36 bits per heavy atom. The molecule has 28 heavy (non-hydrogen) atoms. The molecule has 0 bridgehead atoms. The molecular weight excluding hydrogens is 378 g/mol. The van der Waals surface area contributed by atoms with Gasteiger partial charge in [-0.25, -0.2) is 4.79 Å². The van der Waals surface area contributed by atoms with Crippen molar-refractivity contribution in [3.8, 4) is 28.4 Å². The highest BCUT2D eigenvalue weighted by Crippen LogP contribution is 2.30. The van der Waals surface area contributed by atoms with E-state index in [2.05, 4.69) is 12.6 Å². The molecule has 2 aromatic carbocycles. The van der Waals surface area contributed by atoms with Gasteiger partial charge in [0, 0.05) is 11.8 Å². The molecule has 0 radical (unpaired) electrons. The first-order valence-corrected chi connectivity index (χ1v) is 8.80. The van der Waals surface area contributed by atoms with E-state index >= 15 is 0 Å². The largest absolute Gasteiger partial charge is 0.506 e. The lowest BCUT2D eigenvalue weighted by Gasteiger charge is -2.15. The molecule has 0 saturated heterocycles. The molecule has 0 saturated carbocycles. The number of aromatic nitrogens is 1. The molecule has 0 spiro atoms. The Morgan fingerprint density at radius 1 is 1.04 bits per heavy atom. The van der Waals surface area contributed by atoms with Gasteiger partial charge in [0.05, 0.1) is 12.8 Å². The van der Waals surface area contributed by atoms with E-state index in [1.54, 1.807) is 37.4 Å². The van der Waals surface area contributed by atoms with Crippen LogP contribution in [-0.4, -0.2) is 16.8 Å². The zero-order valence-corrected chi connectivity index (χ0v) is 15.6. The van der Waals surface area contributed by atoms with Crippen LogP contribution in [0.5, 0.6) is 11.5 Å². The molecular formula is C21H15NO5S. The fraction of sp³-hybridized carbons (Fsp3) is 0.0476. The molecule has 2 aromatic heterocycles. The Labute approximate surface area is 164 Å². The van der Waals surface area contributed by atoms with Crippen LogP contribution in [0, 0.1) is 0 Å². The van der Waals surface area contributed by atoms with E-state index in [1.807, 2.05) is 30.3 Å². The lowest BCUT2D eigenvalue weighted by Crippen LogP contribution is -2.21.